The molecular weight excluding hydrogens is 245 g/mol. The highest BCUT2D eigenvalue weighted by molar-refractivity contribution is 5.92. The predicted octanol–water partition coefficient (Wildman–Crippen LogP) is 2.30. The molecule has 3 nitrogen and oxygen atoms in total. The third-order valence-corrected chi connectivity index (χ3v) is 3.26. The molecule has 2 N–H and O–H groups in total. The van der Waals surface area contributed by atoms with Crippen molar-refractivity contribution in [2.75, 3.05) is 11.9 Å². The van der Waals surface area contributed by atoms with Crippen molar-refractivity contribution in [2.24, 2.45) is 5.92 Å². The highest BCUT2D eigenvalue weighted by Gasteiger charge is 2.22. The summed E-state index contributed by atoms with van der Waals surface area (Å²) in [5.41, 5.74) is 0.664. The molecule has 0 atom stereocenters. The Morgan fingerprint density at radius 1 is 1.42 bits per heavy atom. The third kappa shape index (κ3) is 3.55. The number of nitrogens with one attached hydrogen (secondary N) is 1. The van der Waals surface area contributed by atoms with Crippen LogP contribution >= 0.6 is 0 Å². The van der Waals surface area contributed by atoms with Crippen molar-refractivity contribution in [3.63, 3.8) is 0 Å². The molecule has 2 rings (SSSR count). The van der Waals surface area contributed by atoms with Crippen molar-refractivity contribution in [2.45, 2.75) is 25.7 Å². The Labute approximate surface area is 111 Å². The average molecular weight is 261 g/mol. The smallest absolute Gasteiger partial charge is 0.227 e. The van der Waals surface area contributed by atoms with E-state index in [4.69, 9.17) is 5.11 Å². The molecule has 4 heteroatoms. The first-order valence-electron chi connectivity index (χ1n) is 6.41. The maximum atomic E-state index is 13.7. The molecular formula is C15H16FNO2. The van der Waals surface area contributed by atoms with Crippen LogP contribution in [0.25, 0.3) is 0 Å². The molecule has 0 unspecified atom stereocenters. The molecule has 19 heavy (non-hydrogen) atoms. The van der Waals surface area contributed by atoms with E-state index >= 15 is 0 Å². The standard InChI is InChI=1S/C15H16FNO2/c16-14-10-13(8-7-11(14)6-3-9-18)17-15(19)12-4-1-2-5-12/h7-8,10,12,18H,1-2,4-5,9H2,(H,17,19). The largest absolute Gasteiger partial charge is 0.384 e. The molecule has 0 saturated heterocycles. The van der Waals surface area contributed by atoms with Crippen LogP contribution in [0.2, 0.25) is 0 Å². The number of hydrogen-bond donors (Lipinski definition) is 2. The van der Waals surface area contributed by atoms with Crippen LogP contribution in [0.5, 0.6) is 0 Å². The van der Waals surface area contributed by atoms with E-state index in [1.165, 1.54) is 12.1 Å². The topological polar surface area (TPSA) is 49.3 Å². The molecule has 0 spiro atoms. The van der Waals surface area contributed by atoms with Crippen LogP contribution in [-0.2, 0) is 4.79 Å². The van der Waals surface area contributed by atoms with Crippen LogP contribution < -0.4 is 5.32 Å². The van der Waals surface area contributed by atoms with Crippen LogP contribution in [0.15, 0.2) is 18.2 Å². The quantitative estimate of drug-likeness (QED) is 0.802. The van der Waals surface area contributed by atoms with Gasteiger partial charge in [-0.25, -0.2) is 4.39 Å². The van der Waals surface area contributed by atoms with Crippen LogP contribution in [0.4, 0.5) is 10.1 Å². The summed E-state index contributed by atoms with van der Waals surface area (Å²) in [6.45, 7) is -0.306. The summed E-state index contributed by atoms with van der Waals surface area (Å²) in [7, 11) is 0. The van der Waals surface area contributed by atoms with Crippen LogP contribution in [0, 0.1) is 23.6 Å². The Morgan fingerprint density at radius 3 is 2.79 bits per heavy atom. The van der Waals surface area contributed by atoms with Crippen molar-refractivity contribution in [3.8, 4) is 11.8 Å². The maximum Gasteiger partial charge on any atom is 0.227 e. The van der Waals surface area contributed by atoms with E-state index in [-0.39, 0.29) is 24.0 Å². The Bertz CT molecular complexity index is 525. The minimum Gasteiger partial charge on any atom is -0.384 e. The summed E-state index contributed by atoms with van der Waals surface area (Å²) in [4.78, 5) is 11.9. The highest BCUT2D eigenvalue weighted by Crippen LogP contribution is 2.26. The molecule has 1 saturated carbocycles. The number of halogens is 1. The molecule has 1 aliphatic rings. The lowest BCUT2D eigenvalue weighted by atomic mass is 10.1. The molecule has 1 fully saturated rings. The van der Waals surface area contributed by atoms with Gasteiger partial charge in [0.1, 0.15) is 12.4 Å². The predicted molar refractivity (Wildman–Crippen MR) is 71.0 cm³/mol. The molecule has 1 amide bonds. The zero-order valence-electron chi connectivity index (χ0n) is 10.6. The van der Waals surface area contributed by atoms with Gasteiger partial charge in [-0.2, -0.15) is 0 Å². The minimum absolute atomic E-state index is 0.0360. The van der Waals surface area contributed by atoms with E-state index in [2.05, 4.69) is 17.2 Å². The zero-order chi connectivity index (χ0) is 13.7. The first-order chi connectivity index (χ1) is 9.20. The van der Waals surface area contributed by atoms with Gasteiger partial charge in [-0.05, 0) is 31.0 Å². The normalized spacial score (nSPS) is 14.8. The average Bonchev–Trinajstić information content (AvgIpc) is 2.92. The van der Waals surface area contributed by atoms with E-state index in [0.717, 1.165) is 25.7 Å². The molecule has 0 aromatic heterocycles. The van der Waals surface area contributed by atoms with Gasteiger partial charge in [-0.3, -0.25) is 4.79 Å². The van der Waals surface area contributed by atoms with Crippen LogP contribution in [0.1, 0.15) is 31.2 Å². The fraction of sp³-hybridized carbons (Fsp3) is 0.400. The number of amides is 1. The van der Waals surface area contributed by atoms with E-state index in [1.54, 1.807) is 6.07 Å². The first-order valence-corrected chi connectivity index (χ1v) is 6.41. The molecule has 0 aliphatic heterocycles. The van der Waals surface area contributed by atoms with Gasteiger partial charge in [0, 0.05) is 11.6 Å². The molecule has 1 aromatic carbocycles. The van der Waals surface area contributed by atoms with E-state index in [9.17, 15) is 9.18 Å². The Balaban J connectivity index is 2.05. The molecule has 0 heterocycles. The molecule has 100 valence electrons. The van der Waals surface area contributed by atoms with Crippen molar-refractivity contribution in [1.82, 2.24) is 0 Å². The van der Waals surface area contributed by atoms with Gasteiger partial charge >= 0.3 is 0 Å². The fourth-order valence-electron chi connectivity index (χ4n) is 2.26. The van der Waals surface area contributed by atoms with Gasteiger partial charge in [0.15, 0.2) is 0 Å². The van der Waals surface area contributed by atoms with Gasteiger partial charge in [-0.15, -0.1) is 0 Å². The zero-order valence-corrected chi connectivity index (χ0v) is 10.6. The number of hydrogen-bond acceptors (Lipinski definition) is 2. The van der Waals surface area contributed by atoms with Crippen molar-refractivity contribution < 1.29 is 14.3 Å². The molecule has 0 bridgehead atoms. The molecule has 1 aliphatic carbocycles. The van der Waals surface area contributed by atoms with Gasteiger partial charge in [0.25, 0.3) is 0 Å². The Hall–Kier alpha value is -1.86. The van der Waals surface area contributed by atoms with Crippen LogP contribution in [-0.4, -0.2) is 17.6 Å². The second-order valence-electron chi connectivity index (χ2n) is 4.63. The second-order valence-corrected chi connectivity index (χ2v) is 4.63. The van der Waals surface area contributed by atoms with Gasteiger partial charge < -0.3 is 10.4 Å². The number of aliphatic hydroxyl groups excluding tert-OH is 1. The number of rotatable bonds is 2. The van der Waals surface area contributed by atoms with Crippen molar-refractivity contribution >= 4 is 11.6 Å². The van der Waals surface area contributed by atoms with E-state index < -0.39 is 5.82 Å². The number of carbonyl (C=O) groups excluding carboxylic acids is 1. The number of anilines is 1. The first kappa shape index (κ1) is 13.6. The van der Waals surface area contributed by atoms with Gasteiger partial charge in [-0.1, -0.05) is 24.7 Å². The van der Waals surface area contributed by atoms with E-state index in [1.807, 2.05) is 0 Å². The lowest BCUT2D eigenvalue weighted by molar-refractivity contribution is -0.119. The molecule has 1 aromatic rings. The maximum absolute atomic E-state index is 13.7. The lowest BCUT2D eigenvalue weighted by Crippen LogP contribution is -2.20. The summed E-state index contributed by atoms with van der Waals surface area (Å²) in [6.07, 6.45) is 3.99. The third-order valence-electron chi connectivity index (χ3n) is 3.26. The Kier molecular flexibility index (Phi) is 4.53. The monoisotopic (exact) mass is 261 g/mol. The molecule has 0 radical (unpaired) electrons. The highest BCUT2D eigenvalue weighted by atomic mass is 19.1. The Morgan fingerprint density at radius 2 is 2.16 bits per heavy atom. The summed E-state index contributed by atoms with van der Waals surface area (Å²) < 4.78 is 13.7. The van der Waals surface area contributed by atoms with Gasteiger partial charge in [0.05, 0.1) is 5.56 Å². The summed E-state index contributed by atoms with van der Waals surface area (Å²) in [5, 5.41) is 11.3. The lowest BCUT2D eigenvalue weighted by Gasteiger charge is -2.10. The summed E-state index contributed by atoms with van der Waals surface area (Å²) >= 11 is 0. The van der Waals surface area contributed by atoms with Crippen molar-refractivity contribution in [1.29, 1.82) is 0 Å². The summed E-state index contributed by atoms with van der Waals surface area (Å²) in [5.74, 6) is 4.42. The SMILES string of the molecule is O=C(Nc1ccc(C#CCO)c(F)c1)C1CCCC1. The van der Waals surface area contributed by atoms with Gasteiger partial charge in [0.2, 0.25) is 5.91 Å². The second kappa shape index (κ2) is 6.35. The number of carbonyl (C=O) groups is 1. The summed E-state index contributed by atoms with van der Waals surface area (Å²) in [6, 6.07) is 4.38. The number of aliphatic hydroxyl groups is 1. The van der Waals surface area contributed by atoms with E-state index in [0.29, 0.717) is 5.69 Å². The minimum atomic E-state index is -0.495. The fourth-order valence-corrected chi connectivity index (χ4v) is 2.26. The number of benzene rings is 1. The van der Waals surface area contributed by atoms with Crippen LogP contribution in [0.3, 0.4) is 0 Å². The van der Waals surface area contributed by atoms with Crippen molar-refractivity contribution in [3.05, 3.63) is 29.6 Å².